The van der Waals surface area contributed by atoms with E-state index in [0.717, 1.165) is 16.3 Å². The van der Waals surface area contributed by atoms with Gasteiger partial charge in [-0.25, -0.2) is 5.43 Å². The first-order valence-electron chi connectivity index (χ1n) is 9.81. The lowest BCUT2D eigenvalue weighted by Crippen LogP contribution is -2.18. The Hall–Kier alpha value is -4.33. The Morgan fingerprint density at radius 3 is 2.56 bits per heavy atom. The molecule has 0 aliphatic rings. The van der Waals surface area contributed by atoms with E-state index >= 15 is 0 Å². The van der Waals surface area contributed by atoms with Crippen LogP contribution in [0.1, 0.15) is 16.1 Å². The minimum atomic E-state index is -0.424. The molecular weight excluding hydrogens is 408 g/mol. The molecule has 0 unspecified atom stereocenters. The Labute approximate surface area is 184 Å². The highest BCUT2D eigenvalue weighted by Crippen LogP contribution is 2.36. The number of nitrogens with one attached hydrogen (secondary N) is 2. The lowest BCUT2D eigenvalue weighted by Gasteiger charge is -2.09. The van der Waals surface area contributed by atoms with Crippen molar-refractivity contribution in [3.8, 4) is 28.5 Å². The van der Waals surface area contributed by atoms with E-state index in [0.29, 0.717) is 28.5 Å². The van der Waals surface area contributed by atoms with Gasteiger partial charge < -0.3 is 14.2 Å². The quantitative estimate of drug-likeness (QED) is 0.341. The lowest BCUT2D eigenvalue weighted by atomic mass is 10.0. The van der Waals surface area contributed by atoms with Gasteiger partial charge in [0, 0.05) is 11.6 Å². The Kier molecular flexibility index (Phi) is 6.03. The van der Waals surface area contributed by atoms with Crippen molar-refractivity contribution in [1.29, 1.82) is 0 Å². The van der Waals surface area contributed by atoms with Gasteiger partial charge in [0.1, 0.15) is 22.9 Å². The molecule has 3 aromatic carbocycles. The Morgan fingerprint density at radius 1 is 0.969 bits per heavy atom. The smallest absolute Gasteiger partial charge is 0.289 e. The molecular formula is C24H22N4O4. The topological polar surface area (TPSA) is 97.8 Å². The summed E-state index contributed by atoms with van der Waals surface area (Å²) in [4.78, 5) is 12.6. The summed E-state index contributed by atoms with van der Waals surface area (Å²) in [6, 6.07) is 18.8. The average molecular weight is 430 g/mol. The van der Waals surface area contributed by atoms with Crippen LogP contribution in [0.3, 0.4) is 0 Å². The van der Waals surface area contributed by atoms with Crippen molar-refractivity contribution in [3.05, 3.63) is 71.9 Å². The third kappa shape index (κ3) is 4.11. The highest BCUT2D eigenvalue weighted by molar-refractivity contribution is 6.00. The summed E-state index contributed by atoms with van der Waals surface area (Å²) < 4.78 is 16.0. The molecule has 0 radical (unpaired) electrons. The summed E-state index contributed by atoms with van der Waals surface area (Å²) in [5, 5.41) is 13.2. The van der Waals surface area contributed by atoms with Gasteiger partial charge in [0.05, 0.1) is 38.8 Å². The van der Waals surface area contributed by atoms with Gasteiger partial charge in [-0.05, 0) is 35.0 Å². The first kappa shape index (κ1) is 20.9. The molecule has 2 N–H and O–H groups in total. The van der Waals surface area contributed by atoms with Crippen LogP contribution in [0.4, 0.5) is 0 Å². The van der Waals surface area contributed by atoms with Crippen LogP contribution >= 0.6 is 0 Å². The first-order valence-corrected chi connectivity index (χ1v) is 9.81. The maximum absolute atomic E-state index is 12.6. The van der Waals surface area contributed by atoms with Gasteiger partial charge in [-0.3, -0.25) is 9.89 Å². The molecule has 1 aromatic heterocycles. The summed E-state index contributed by atoms with van der Waals surface area (Å²) in [6.07, 6.45) is 1.50. The van der Waals surface area contributed by atoms with Gasteiger partial charge in [0.15, 0.2) is 0 Å². The minimum absolute atomic E-state index is 0.272. The maximum atomic E-state index is 12.6. The van der Waals surface area contributed by atoms with E-state index in [1.54, 1.807) is 45.6 Å². The number of H-pyrrole nitrogens is 1. The van der Waals surface area contributed by atoms with Gasteiger partial charge in [-0.2, -0.15) is 10.2 Å². The fourth-order valence-electron chi connectivity index (χ4n) is 3.40. The normalized spacial score (nSPS) is 11.0. The number of benzene rings is 3. The summed E-state index contributed by atoms with van der Waals surface area (Å²) >= 11 is 0. The number of hydrogen-bond acceptors (Lipinski definition) is 6. The summed E-state index contributed by atoms with van der Waals surface area (Å²) in [6.45, 7) is 0. The number of aromatic nitrogens is 2. The van der Waals surface area contributed by atoms with Crippen LogP contribution in [0.15, 0.2) is 65.8 Å². The molecule has 0 spiro atoms. The molecule has 0 fully saturated rings. The zero-order chi connectivity index (χ0) is 22.5. The zero-order valence-corrected chi connectivity index (χ0v) is 17.9. The predicted octanol–water partition coefficient (Wildman–Crippen LogP) is 4.02. The third-order valence-electron chi connectivity index (χ3n) is 5.00. The van der Waals surface area contributed by atoms with Gasteiger partial charge in [-0.15, -0.1) is 0 Å². The van der Waals surface area contributed by atoms with Crippen LogP contribution in [-0.2, 0) is 0 Å². The first-order chi connectivity index (χ1) is 15.6. The molecule has 8 nitrogen and oxygen atoms in total. The molecule has 0 saturated heterocycles. The highest BCUT2D eigenvalue weighted by Gasteiger charge is 2.16. The molecule has 32 heavy (non-hydrogen) atoms. The Balaban J connectivity index is 1.56. The summed E-state index contributed by atoms with van der Waals surface area (Å²) in [5.74, 6) is 1.49. The molecule has 4 aromatic rings. The van der Waals surface area contributed by atoms with Crippen molar-refractivity contribution in [2.24, 2.45) is 5.10 Å². The second-order valence-electron chi connectivity index (χ2n) is 6.84. The number of hydrazone groups is 1. The number of rotatable bonds is 7. The summed E-state index contributed by atoms with van der Waals surface area (Å²) in [5.41, 5.74) is 4.88. The fraction of sp³-hybridized carbons (Fsp3) is 0.125. The molecule has 4 rings (SSSR count). The van der Waals surface area contributed by atoms with E-state index in [2.05, 4.69) is 20.7 Å². The van der Waals surface area contributed by atoms with Crippen LogP contribution in [0.25, 0.3) is 22.0 Å². The van der Waals surface area contributed by atoms with Gasteiger partial charge in [-0.1, -0.05) is 30.3 Å². The monoisotopic (exact) mass is 430 g/mol. The highest BCUT2D eigenvalue weighted by atomic mass is 16.5. The molecule has 162 valence electrons. The number of methoxy groups -OCH3 is 3. The molecule has 0 saturated carbocycles. The molecule has 0 aliphatic heterocycles. The van der Waals surface area contributed by atoms with E-state index in [-0.39, 0.29) is 5.69 Å². The van der Waals surface area contributed by atoms with Crippen molar-refractivity contribution in [1.82, 2.24) is 15.6 Å². The lowest BCUT2D eigenvalue weighted by molar-refractivity contribution is 0.0950. The van der Waals surface area contributed by atoms with Gasteiger partial charge >= 0.3 is 0 Å². The SMILES string of the molecule is COc1ccc(/C=N\NC(=O)c2cc(-c3c(OC)ccc4ccccc34)n[nH]2)c(OC)c1. The number of hydrogen-bond donors (Lipinski definition) is 2. The predicted molar refractivity (Wildman–Crippen MR) is 123 cm³/mol. The minimum Gasteiger partial charge on any atom is -0.497 e. The maximum Gasteiger partial charge on any atom is 0.289 e. The molecule has 0 atom stereocenters. The molecule has 1 heterocycles. The largest absolute Gasteiger partial charge is 0.497 e. The van der Waals surface area contributed by atoms with E-state index in [1.807, 2.05) is 36.4 Å². The van der Waals surface area contributed by atoms with Gasteiger partial charge in [0.25, 0.3) is 5.91 Å². The fourth-order valence-corrected chi connectivity index (χ4v) is 3.40. The number of ether oxygens (including phenoxy) is 3. The van der Waals surface area contributed by atoms with Crippen molar-refractivity contribution in [2.45, 2.75) is 0 Å². The van der Waals surface area contributed by atoms with Crippen molar-refractivity contribution < 1.29 is 19.0 Å². The van der Waals surface area contributed by atoms with Crippen molar-refractivity contribution in [2.75, 3.05) is 21.3 Å². The zero-order valence-electron chi connectivity index (χ0n) is 17.9. The standard InChI is InChI=1S/C24H22N4O4/c1-30-17-10-8-16(22(12-17)32-3)14-25-28-24(29)20-13-19(26-27-20)23-18-7-5-4-6-15(18)9-11-21(23)31-2/h4-14H,1-3H3,(H,26,27)(H,28,29)/b25-14-. The molecule has 1 amide bonds. The number of carbonyl (C=O) groups excluding carboxylic acids is 1. The van der Waals surface area contributed by atoms with E-state index in [4.69, 9.17) is 14.2 Å². The van der Waals surface area contributed by atoms with Crippen molar-refractivity contribution >= 4 is 22.9 Å². The third-order valence-corrected chi connectivity index (χ3v) is 5.00. The number of nitrogens with zero attached hydrogens (tertiary/aromatic N) is 2. The van der Waals surface area contributed by atoms with E-state index < -0.39 is 5.91 Å². The Bertz CT molecular complexity index is 1300. The summed E-state index contributed by atoms with van der Waals surface area (Å²) in [7, 11) is 4.74. The molecule has 8 heteroatoms. The van der Waals surface area contributed by atoms with Crippen LogP contribution in [0.5, 0.6) is 17.2 Å². The number of fused-ring (bicyclic) bond motifs is 1. The van der Waals surface area contributed by atoms with Gasteiger partial charge in [0.2, 0.25) is 0 Å². The van der Waals surface area contributed by atoms with Crippen LogP contribution in [0.2, 0.25) is 0 Å². The van der Waals surface area contributed by atoms with E-state index in [1.165, 1.54) is 6.21 Å². The number of carbonyl (C=O) groups is 1. The van der Waals surface area contributed by atoms with E-state index in [9.17, 15) is 4.79 Å². The number of amides is 1. The number of aromatic amines is 1. The Morgan fingerprint density at radius 2 is 1.78 bits per heavy atom. The van der Waals surface area contributed by atoms with Crippen LogP contribution in [-0.4, -0.2) is 43.6 Å². The molecule has 0 bridgehead atoms. The molecule has 0 aliphatic carbocycles. The second kappa shape index (κ2) is 9.22. The second-order valence-corrected chi connectivity index (χ2v) is 6.84. The van der Waals surface area contributed by atoms with Crippen molar-refractivity contribution in [3.63, 3.8) is 0 Å². The average Bonchev–Trinajstić information content (AvgIpc) is 3.33. The van der Waals surface area contributed by atoms with Crippen LogP contribution < -0.4 is 19.6 Å². The van der Waals surface area contributed by atoms with Crippen LogP contribution in [0, 0.1) is 0 Å².